The zero-order valence-corrected chi connectivity index (χ0v) is 27.0. The van der Waals surface area contributed by atoms with Crippen LogP contribution >= 0.6 is 59.9 Å². The summed E-state index contributed by atoms with van der Waals surface area (Å²) in [5.74, 6) is -1.70. The first-order valence-electron chi connectivity index (χ1n) is 6.87. The fourth-order valence-corrected chi connectivity index (χ4v) is 0.160. The van der Waals surface area contributed by atoms with Gasteiger partial charge in [-0.15, -0.1) is 0 Å². The Kier molecular flexibility index (Phi) is 56.1. The molecular formula is C13H27BI3NNaO7V. The van der Waals surface area contributed by atoms with Crippen molar-refractivity contribution >= 4 is 91.3 Å². The smallest absolute Gasteiger partial charge is 1.00 e. The number of ketones is 1. The van der Waals surface area contributed by atoms with Crippen molar-refractivity contribution in [2.75, 3.05) is 7.05 Å². The zero-order valence-electron chi connectivity index (χ0n) is 17.1. The number of halogens is 3. The molecule has 0 fully saturated rings. The molecule has 0 atom stereocenters. The number of hydrogen-bond acceptors (Lipinski definition) is 7. The van der Waals surface area contributed by atoms with Gasteiger partial charge in [-0.3, -0.25) is 14.4 Å². The summed E-state index contributed by atoms with van der Waals surface area (Å²) in [5, 5.41) is 10.4. The summed E-state index contributed by atoms with van der Waals surface area (Å²) < 4.78 is 8.29. The number of nitrogens with one attached hydrogen (secondary N) is 1. The van der Waals surface area contributed by atoms with Crippen LogP contribution in [0.3, 0.4) is 0 Å². The molecule has 0 aromatic heterocycles. The summed E-state index contributed by atoms with van der Waals surface area (Å²) in [4.78, 5) is 38.1. The van der Waals surface area contributed by atoms with E-state index in [4.69, 9.17) is 9.90 Å². The first-order chi connectivity index (χ1) is 11.6. The van der Waals surface area contributed by atoms with E-state index in [2.05, 4.69) is 88.4 Å². The van der Waals surface area contributed by atoms with E-state index in [-0.39, 0.29) is 40.3 Å². The summed E-state index contributed by atoms with van der Waals surface area (Å²) >= 11 is 7.39. The van der Waals surface area contributed by atoms with Crippen molar-refractivity contribution in [3.05, 3.63) is 0 Å². The van der Waals surface area contributed by atoms with Gasteiger partial charge < -0.3 is 24.5 Å². The van der Waals surface area contributed by atoms with Gasteiger partial charge in [0.05, 0.1) is 0 Å². The Bertz CT molecular complexity index is 345. The van der Waals surface area contributed by atoms with Gasteiger partial charge in [0, 0.05) is 26.8 Å². The number of carboxylic acids is 1. The molecule has 2 N–H and O–H groups in total. The monoisotopic (exact) mass is 775 g/mol. The van der Waals surface area contributed by atoms with Crippen molar-refractivity contribution in [1.82, 2.24) is 5.32 Å². The molecule has 0 saturated carbocycles. The van der Waals surface area contributed by atoms with Crippen molar-refractivity contribution in [2.24, 2.45) is 0 Å². The summed E-state index contributed by atoms with van der Waals surface area (Å²) in [6.45, 7) is 10.8. The van der Waals surface area contributed by atoms with Crippen molar-refractivity contribution in [1.29, 1.82) is 0 Å². The molecule has 0 aliphatic carbocycles. The third-order valence-corrected chi connectivity index (χ3v) is 1.01. The van der Waals surface area contributed by atoms with Crippen LogP contribution in [0.25, 0.3) is 0 Å². The number of Topliss-reactive ketones (excluding diaryl/α,β-unsaturated/α-hetero) is 1. The second kappa shape index (κ2) is 35.3. The Morgan fingerprint density at radius 2 is 1.07 bits per heavy atom. The van der Waals surface area contributed by atoms with E-state index in [1.165, 1.54) is 27.7 Å². The minimum atomic E-state index is -0.833. The fourth-order valence-electron chi connectivity index (χ4n) is 0.160. The standard InChI is InChI=1S/C4H6BO4.C4H11N.C3H6O.C2H4O2.3HI.Na.V/c1-3(6)8-5-9-4(2)7;1-4(2)5-3;1-3(2)4;1-2(3)4;;;;;/h1-2H3;4-5H,1-3H3;1-2H3;1H3,(H,3,4);3*1H;;/q-1;;;;;;;+1;+3/p-3. The molecule has 27 heavy (non-hydrogen) atoms. The molecule has 8 nitrogen and oxygen atoms in total. The Hall–Kier alpha value is 1.88. The van der Waals surface area contributed by atoms with Crippen LogP contribution in [0, 0.1) is 0 Å². The number of rotatable bonds is 3. The van der Waals surface area contributed by atoms with Crippen molar-refractivity contribution in [3.8, 4) is 0 Å². The Morgan fingerprint density at radius 1 is 0.926 bits per heavy atom. The van der Waals surface area contributed by atoms with Crippen LogP contribution in [-0.2, 0) is 33.4 Å². The molecule has 0 amide bonds. The van der Waals surface area contributed by atoms with Gasteiger partial charge in [0.25, 0.3) is 17.9 Å². The van der Waals surface area contributed by atoms with Crippen LogP contribution in [0.15, 0.2) is 0 Å². The molecule has 156 valence electrons. The molecule has 0 aliphatic rings. The van der Waals surface area contributed by atoms with E-state index in [1.54, 1.807) is 0 Å². The van der Waals surface area contributed by atoms with Gasteiger partial charge in [-0.1, -0.05) is 13.8 Å². The van der Waals surface area contributed by atoms with Gasteiger partial charge in [0.1, 0.15) is 13.5 Å². The van der Waals surface area contributed by atoms with E-state index < -0.39 is 17.9 Å². The first-order valence-corrected chi connectivity index (χ1v) is 20.4. The van der Waals surface area contributed by atoms with Gasteiger partial charge in [0.2, 0.25) is 0 Å². The van der Waals surface area contributed by atoms with E-state index in [9.17, 15) is 14.4 Å². The van der Waals surface area contributed by atoms with Crippen LogP contribution < -0.4 is 34.9 Å². The Labute approximate surface area is 223 Å². The largest absolute Gasteiger partial charge is 1.00 e. The average Bonchev–Trinajstić information content (AvgIpc) is 2.36. The molecule has 14 heteroatoms. The topological polar surface area (TPSA) is 119 Å². The van der Waals surface area contributed by atoms with E-state index in [0.29, 0.717) is 13.7 Å². The van der Waals surface area contributed by atoms with Crippen LogP contribution in [-0.4, -0.2) is 49.6 Å². The molecule has 0 bridgehead atoms. The van der Waals surface area contributed by atoms with Gasteiger partial charge >= 0.3 is 94.4 Å². The SMILES string of the molecule is CC(=O)O.CC(=O)O[B-]OC(C)=O.CC(C)=O.CNC(C)C.[I][V]([I])[I].[Na+]. The summed E-state index contributed by atoms with van der Waals surface area (Å²) in [6, 6.07) is 0.634. The van der Waals surface area contributed by atoms with E-state index in [0.717, 1.165) is 6.92 Å². The molecule has 0 aromatic carbocycles. The molecular weight excluding hydrogens is 748 g/mol. The maximum atomic E-state index is 9.98. The van der Waals surface area contributed by atoms with Gasteiger partial charge in [-0.2, -0.15) is 0 Å². The molecule has 0 saturated heterocycles. The zero-order chi connectivity index (χ0) is 22.3. The number of hydrogen-bond donors (Lipinski definition) is 2. The number of carbonyl (C=O) groups is 4. The molecule has 0 heterocycles. The first kappa shape index (κ1) is 42.9. The Balaban J connectivity index is -0.0000000534. The third-order valence-electron chi connectivity index (χ3n) is 1.01. The second-order valence-electron chi connectivity index (χ2n) is 4.38. The van der Waals surface area contributed by atoms with Gasteiger partial charge in [-0.25, -0.2) is 0 Å². The molecule has 0 unspecified atom stereocenters. The molecule has 2 radical (unpaired) electrons. The summed E-state index contributed by atoms with van der Waals surface area (Å²) in [7, 11) is 2.65. The van der Waals surface area contributed by atoms with E-state index in [1.807, 2.05) is 7.05 Å². The average molecular weight is 775 g/mol. The van der Waals surface area contributed by atoms with Gasteiger partial charge in [0.15, 0.2) is 0 Å². The van der Waals surface area contributed by atoms with Crippen LogP contribution in [0.1, 0.15) is 48.5 Å². The van der Waals surface area contributed by atoms with Crippen LogP contribution in [0.4, 0.5) is 0 Å². The minimum Gasteiger partial charge on any atom is 1.00 e. The van der Waals surface area contributed by atoms with Crippen LogP contribution in [0.5, 0.6) is 0 Å². The van der Waals surface area contributed by atoms with E-state index >= 15 is 0 Å². The number of carbonyl (C=O) groups excluding carboxylic acids is 3. The molecule has 0 aromatic rings. The predicted octanol–water partition coefficient (Wildman–Crippen LogP) is 0.606. The van der Waals surface area contributed by atoms with Crippen molar-refractivity contribution in [2.45, 2.75) is 54.5 Å². The van der Waals surface area contributed by atoms with Crippen molar-refractivity contribution in [3.63, 3.8) is 0 Å². The summed E-state index contributed by atoms with van der Waals surface area (Å²) in [6.07, 6.45) is 0. The van der Waals surface area contributed by atoms with Crippen LogP contribution in [0.2, 0.25) is 0 Å². The van der Waals surface area contributed by atoms with Crippen molar-refractivity contribution < 1.29 is 68.1 Å². The molecule has 0 rings (SSSR count). The normalized spacial score (nSPS) is 7.74. The third kappa shape index (κ3) is 191. The minimum absolute atomic E-state index is 0. The molecule has 0 spiro atoms. The second-order valence-corrected chi connectivity index (χ2v) is 39.7. The Morgan fingerprint density at radius 3 is 1.15 bits per heavy atom. The molecule has 0 aliphatic heterocycles. The quantitative estimate of drug-likeness (QED) is 0.317. The number of carboxylic acid groups (broad SMARTS) is 1. The number of aliphatic carboxylic acids is 1. The maximum absolute atomic E-state index is 9.98. The van der Waals surface area contributed by atoms with Gasteiger partial charge in [-0.05, 0) is 20.9 Å². The predicted molar refractivity (Wildman–Crippen MR) is 125 cm³/mol. The summed E-state index contributed by atoms with van der Waals surface area (Å²) in [5.41, 5.74) is 0. The fraction of sp³-hybridized carbons (Fsp3) is 0.692. The maximum Gasteiger partial charge on any atom is 1.00 e.